The van der Waals surface area contributed by atoms with Gasteiger partial charge in [-0.2, -0.15) is 4.99 Å². The fourth-order valence-electron chi connectivity index (χ4n) is 1.52. The molecule has 0 radical (unpaired) electrons. The van der Waals surface area contributed by atoms with E-state index in [1.54, 1.807) is 0 Å². The van der Waals surface area contributed by atoms with E-state index in [0.29, 0.717) is 23.7 Å². The van der Waals surface area contributed by atoms with Crippen molar-refractivity contribution in [3.63, 3.8) is 0 Å². The zero-order valence-electron chi connectivity index (χ0n) is 12.0. The summed E-state index contributed by atoms with van der Waals surface area (Å²) in [4.78, 5) is 7.66. The van der Waals surface area contributed by atoms with Crippen LogP contribution in [0.3, 0.4) is 0 Å². The fraction of sp³-hybridized carbons (Fsp3) is 0.385. The van der Waals surface area contributed by atoms with E-state index in [1.165, 1.54) is 0 Å². The van der Waals surface area contributed by atoms with Gasteiger partial charge in [-0.3, -0.25) is 4.99 Å². The molecule has 0 heterocycles. The van der Waals surface area contributed by atoms with Crippen LogP contribution in [0.5, 0.6) is 5.75 Å². The molecule has 0 atom stereocenters. The van der Waals surface area contributed by atoms with Gasteiger partial charge in [-0.1, -0.05) is 17.7 Å². The molecule has 118 valence electrons. The van der Waals surface area contributed by atoms with Gasteiger partial charge in [-0.15, -0.1) is 0 Å². The van der Waals surface area contributed by atoms with Gasteiger partial charge in [0.1, 0.15) is 5.75 Å². The number of hydrogen-bond donors (Lipinski definition) is 3. The van der Waals surface area contributed by atoms with Gasteiger partial charge in [0.15, 0.2) is 5.96 Å². The molecule has 1 rings (SSSR count). The van der Waals surface area contributed by atoms with E-state index in [0.717, 1.165) is 5.56 Å². The SMILES string of the molecule is CC(C)Oc1ccc(CCN=C(N)N=C(N)N)cc1Cl.[Cl-]. The average Bonchev–Trinajstić information content (AvgIpc) is 2.31. The Hall–Kier alpha value is -1.66. The molecule has 0 bridgehead atoms. The molecule has 1 aromatic carbocycles. The molecule has 1 aromatic rings. The van der Waals surface area contributed by atoms with E-state index in [-0.39, 0.29) is 30.4 Å². The van der Waals surface area contributed by atoms with Crippen LogP contribution in [0.25, 0.3) is 0 Å². The minimum absolute atomic E-state index is 0. The Labute approximate surface area is 135 Å². The van der Waals surface area contributed by atoms with Gasteiger partial charge in [0, 0.05) is 6.54 Å². The summed E-state index contributed by atoms with van der Waals surface area (Å²) in [7, 11) is 0. The Morgan fingerprint density at radius 2 is 1.95 bits per heavy atom. The van der Waals surface area contributed by atoms with Gasteiger partial charge in [0.25, 0.3) is 0 Å². The highest BCUT2D eigenvalue weighted by Crippen LogP contribution is 2.26. The number of nitrogens with zero attached hydrogens (tertiary/aromatic N) is 2. The van der Waals surface area contributed by atoms with Gasteiger partial charge >= 0.3 is 0 Å². The van der Waals surface area contributed by atoms with E-state index < -0.39 is 0 Å². The van der Waals surface area contributed by atoms with Crippen LogP contribution in [0.4, 0.5) is 0 Å². The molecular formula is C13H20Cl2N5O-. The van der Waals surface area contributed by atoms with Crippen molar-refractivity contribution >= 4 is 23.5 Å². The van der Waals surface area contributed by atoms with Crippen LogP contribution in [-0.2, 0) is 6.42 Å². The summed E-state index contributed by atoms with van der Waals surface area (Å²) in [5.41, 5.74) is 16.9. The minimum atomic E-state index is -0.107. The quantitative estimate of drug-likeness (QED) is 0.439. The molecule has 0 aliphatic carbocycles. The summed E-state index contributed by atoms with van der Waals surface area (Å²) in [6.07, 6.45) is 0.768. The smallest absolute Gasteiger partial charge is 0.218 e. The maximum absolute atomic E-state index is 6.14. The number of guanidine groups is 2. The predicted molar refractivity (Wildman–Crippen MR) is 83.2 cm³/mol. The number of aliphatic imine (C=N–C) groups is 2. The maximum Gasteiger partial charge on any atom is 0.218 e. The molecule has 0 amide bonds. The molecule has 0 spiro atoms. The number of benzene rings is 1. The number of hydrogen-bond acceptors (Lipinski definition) is 2. The Bertz CT molecular complexity index is 513. The van der Waals surface area contributed by atoms with Crippen molar-refractivity contribution in [3.05, 3.63) is 28.8 Å². The summed E-state index contributed by atoms with van der Waals surface area (Å²) in [5.74, 6) is 0.634. The Morgan fingerprint density at radius 3 is 2.48 bits per heavy atom. The molecule has 0 aliphatic rings. The first-order valence-electron chi connectivity index (χ1n) is 6.23. The van der Waals surface area contributed by atoms with Crippen molar-refractivity contribution < 1.29 is 17.1 Å². The lowest BCUT2D eigenvalue weighted by molar-refractivity contribution is -0.00000591. The van der Waals surface area contributed by atoms with Crippen LogP contribution in [0, 0.1) is 0 Å². The molecule has 0 unspecified atom stereocenters. The van der Waals surface area contributed by atoms with Crippen LogP contribution in [0.1, 0.15) is 19.4 Å². The Balaban J connectivity index is 0.00000400. The minimum Gasteiger partial charge on any atom is -1.00 e. The second-order valence-electron chi connectivity index (χ2n) is 4.46. The summed E-state index contributed by atoms with van der Waals surface area (Å²) in [6, 6.07) is 5.64. The highest BCUT2D eigenvalue weighted by atomic mass is 35.5. The first kappa shape index (κ1) is 19.3. The fourth-order valence-corrected chi connectivity index (χ4v) is 1.76. The Morgan fingerprint density at radius 1 is 1.29 bits per heavy atom. The molecule has 0 saturated carbocycles. The molecule has 0 aromatic heterocycles. The molecular weight excluding hydrogens is 313 g/mol. The molecule has 0 saturated heterocycles. The first-order chi connectivity index (χ1) is 9.38. The van der Waals surface area contributed by atoms with Gasteiger partial charge < -0.3 is 34.3 Å². The van der Waals surface area contributed by atoms with Gasteiger partial charge in [-0.05, 0) is 38.0 Å². The summed E-state index contributed by atoms with van der Waals surface area (Å²) in [6.45, 7) is 4.38. The number of halogens is 2. The lowest BCUT2D eigenvalue weighted by atomic mass is 10.1. The van der Waals surface area contributed by atoms with Crippen molar-refractivity contribution in [2.45, 2.75) is 26.4 Å². The van der Waals surface area contributed by atoms with E-state index in [1.807, 2.05) is 32.0 Å². The summed E-state index contributed by atoms with van der Waals surface area (Å²) >= 11 is 6.14. The molecule has 0 fully saturated rings. The lowest BCUT2D eigenvalue weighted by Crippen LogP contribution is -3.00. The van der Waals surface area contributed by atoms with Crippen LogP contribution < -0.4 is 34.3 Å². The first-order valence-corrected chi connectivity index (χ1v) is 6.61. The highest BCUT2D eigenvalue weighted by Gasteiger charge is 2.05. The van der Waals surface area contributed by atoms with Crippen molar-refractivity contribution in [2.75, 3.05) is 6.54 Å². The second-order valence-corrected chi connectivity index (χ2v) is 4.87. The molecule has 21 heavy (non-hydrogen) atoms. The van der Waals surface area contributed by atoms with Gasteiger partial charge in [0.05, 0.1) is 11.1 Å². The van der Waals surface area contributed by atoms with Crippen LogP contribution in [0.2, 0.25) is 5.02 Å². The Kier molecular flexibility index (Phi) is 8.57. The largest absolute Gasteiger partial charge is 1.00 e. The zero-order valence-corrected chi connectivity index (χ0v) is 13.5. The lowest BCUT2D eigenvalue weighted by Gasteiger charge is -2.12. The average molecular weight is 333 g/mol. The summed E-state index contributed by atoms with van der Waals surface area (Å²) in [5, 5.41) is 0.581. The maximum atomic E-state index is 6.14. The van der Waals surface area contributed by atoms with E-state index in [2.05, 4.69) is 9.98 Å². The van der Waals surface area contributed by atoms with Crippen molar-refractivity contribution in [1.82, 2.24) is 0 Å². The summed E-state index contributed by atoms with van der Waals surface area (Å²) < 4.78 is 5.56. The topological polar surface area (TPSA) is 112 Å². The molecule has 8 heteroatoms. The molecule has 0 aliphatic heterocycles. The molecule has 6 nitrogen and oxygen atoms in total. The number of ether oxygens (including phenoxy) is 1. The van der Waals surface area contributed by atoms with Gasteiger partial charge in [0.2, 0.25) is 5.96 Å². The number of nitrogens with two attached hydrogens (primary N) is 3. The molecule has 6 N–H and O–H groups in total. The van der Waals surface area contributed by atoms with E-state index in [4.69, 9.17) is 33.5 Å². The van der Waals surface area contributed by atoms with E-state index in [9.17, 15) is 0 Å². The number of rotatable bonds is 5. The third-order valence-corrected chi connectivity index (χ3v) is 2.57. The standard InChI is InChI=1S/C13H20ClN5O.ClH/c1-8(2)20-11-4-3-9(7-10(11)14)5-6-18-13(17)19-12(15)16;/h3-4,7-8H,5-6H2,1-2H3,(H6,15,16,17,18,19);1H/p-1. The normalized spacial score (nSPS) is 11.0. The zero-order chi connectivity index (χ0) is 15.1. The third kappa shape index (κ3) is 7.63. The monoisotopic (exact) mass is 332 g/mol. The van der Waals surface area contributed by atoms with Gasteiger partial charge in [-0.25, -0.2) is 0 Å². The van der Waals surface area contributed by atoms with Crippen LogP contribution in [-0.4, -0.2) is 24.6 Å². The predicted octanol–water partition coefficient (Wildman–Crippen LogP) is -1.74. The van der Waals surface area contributed by atoms with Crippen molar-refractivity contribution in [1.29, 1.82) is 0 Å². The van der Waals surface area contributed by atoms with Crippen LogP contribution >= 0.6 is 11.6 Å². The van der Waals surface area contributed by atoms with Crippen LogP contribution in [0.15, 0.2) is 28.2 Å². The second kappa shape index (κ2) is 9.31. The highest BCUT2D eigenvalue weighted by molar-refractivity contribution is 6.32. The third-order valence-electron chi connectivity index (χ3n) is 2.28. The van der Waals surface area contributed by atoms with E-state index >= 15 is 0 Å². The van der Waals surface area contributed by atoms with Crippen molar-refractivity contribution in [3.8, 4) is 5.75 Å². The van der Waals surface area contributed by atoms with Crippen molar-refractivity contribution in [2.24, 2.45) is 27.2 Å².